The lowest BCUT2D eigenvalue weighted by Gasteiger charge is -2.08. The SMILES string of the molecule is Cc1cccc(NC(=O)Nc2ccc(Br)c(F)c2)c1. The van der Waals surface area contributed by atoms with E-state index in [4.69, 9.17) is 0 Å². The Bertz CT molecular complexity index is 616. The summed E-state index contributed by atoms with van der Waals surface area (Å²) < 4.78 is 13.6. The molecule has 0 aliphatic heterocycles. The van der Waals surface area contributed by atoms with Crippen LogP contribution in [0.5, 0.6) is 0 Å². The van der Waals surface area contributed by atoms with Crippen molar-refractivity contribution in [2.24, 2.45) is 0 Å². The molecule has 0 fully saturated rings. The molecule has 0 aliphatic carbocycles. The number of hydrogen-bond donors (Lipinski definition) is 2. The van der Waals surface area contributed by atoms with Gasteiger partial charge in [-0.25, -0.2) is 9.18 Å². The van der Waals surface area contributed by atoms with E-state index in [0.717, 1.165) is 5.56 Å². The van der Waals surface area contributed by atoms with Crippen molar-refractivity contribution >= 4 is 33.3 Å². The van der Waals surface area contributed by atoms with E-state index in [0.29, 0.717) is 15.8 Å². The average Bonchev–Trinajstić information content (AvgIpc) is 2.34. The highest BCUT2D eigenvalue weighted by Crippen LogP contribution is 2.19. The van der Waals surface area contributed by atoms with Gasteiger partial charge in [0, 0.05) is 11.4 Å². The molecule has 0 bridgehead atoms. The van der Waals surface area contributed by atoms with Gasteiger partial charge in [-0.15, -0.1) is 0 Å². The van der Waals surface area contributed by atoms with Crippen LogP contribution in [0.1, 0.15) is 5.56 Å². The van der Waals surface area contributed by atoms with E-state index in [-0.39, 0.29) is 0 Å². The van der Waals surface area contributed by atoms with Crippen molar-refractivity contribution in [2.45, 2.75) is 6.92 Å². The van der Waals surface area contributed by atoms with Gasteiger partial charge in [-0.2, -0.15) is 0 Å². The Kier molecular flexibility index (Phi) is 4.16. The highest BCUT2D eigenvalue weighted by Gasteiger charge is 2.05. The van der Waals surface area contributed by atoms with Crippen LogP contribution in [-0.4, -0.2) is 6.03 Å². The molecule has 0 atom stereocenters. The first-order chi connectivity index (χ1) is 9.04. The number of benzene rings is 2. The van der Waals surface area contributed by atoms with Crippen LogP contribution < -0.4 is 10.6 Å². The molecule has 0 spiro atoms. The van der Waals surface area contributed by atoms with Gasteiger partial charge < -0.3 is 10.6 Å². The average molecular weight is 323 g/mol. The van der Waals surface area contributed by atoms with Crippen molar-refractivity contribution < 1.29 is 9.18 Å². The maximum absolute atomic E-state index is 13.3. The monoisotopic (exact) mass is 322 g/mol. The van der Waals surface area contributed by atoms with Crippen molar-refractivity contribution in [3.8, 4) is 0 Å². The zero-order valence-corrected chi connectivity index (χ0v) is 11.8. The summed E-state index contributed by atoms with van der Waals surface area (Å²) in [5.74, 6) is -0.423. The van der Waals surface area contributed by atoms with Crippen molar-refractivity contribution in [3.63, 3.8) is 0 Å². The van der Waals surface area contributed by atoms with Crippen LogP contribution in [0, 0.1) is 12.7 Å². The molecule has 2 N–H and O–H groups in total. The van der Waals surface area contributed by atoms with Gasteiger partial charge in [0.1, 0.15) is 5.82 Å². The molecule has 5 heteroatoms. The molecule has 19 heavy (non-hydrogen) atoms. The van der Waals surface area contributed by atoms with Crippen LogP contribution >= 0.6 is 15.9 Å². The Labute approximate surface area is 119 Å². The molecule has 0 saturated heterocycles. The van der Waals surface area contributed by atoms with Crippen molar-refractivity contribution in [1.82, 2.24) is 0 Å². The van der Waals surface area contributed by atoms with Crippen molar-refractivity contribution in [2.75, 3.05) is 10.6 Å². The fourth-order valence-corrected chi connectivity index (χ4v) is 1.84. The van der Waals surface area contributed by atoms with E-state index in [1.165, 1.54) is 12.1 Å². The number of halogens is 2. The summed E-state index contributed by atoms with van der Waals surface area (Å²) in [5.41, 5.74) is 2.13. The van der Waals surface area contributed by atoms with E-state index in [1.54, 1.807) is 12.1 Å². The lowest BCUT2D eigenvalue weighted by atomic mass is 10.2. The minimum atomic E-state index is -0.423. The predicted molar refractivity (Wildman–Crippen MR) is 77.9 cm³/mol. The lowest BCUT2D eigenvalue weighted by molar-refractivity contribution is 0.262. The molecule has 98 valence electrons. The molecule has 0 unspecified atom stereocenters. The molecule has 0 aliphatic rings. The maximum atomic E-state index is 13.3. The second kappa shape index (κ2) is 5.84. The van der Waals surface area contributed by atoms with Crippen LogP contribution in [0.4, 0.5) is 20.6 Å². The van der Waals surface area contributed by atoms with Gasteiger partial charge in [-0.3, -0.25) is 0 Å². The van der Waals surface area contributed by atoms with E-state index < -0.39 is 11.8 Å². The highest BCUT2D eigenvalue weighted by atomic mass is 79.9. The van der Waals surface area contributed by atoms with Crippen LogP contribution in [0.15, 0.2) is 46.9 Å². The number of rotatable bonds is 2. The molecule has 2 aromatic carbocycles. The number of carbonyl (C=O) groups is 1. The summed E-state index contributed by atoms with van der Waals surface area (Å²) in [4.78, 5) is 11.7. The van der Waals surface area contributed by atoms with Gasteiger partial charge in [0.25, 0.3) is 0 Å². The number of carbonyl (C=O) groups excluding carboxylic acids is 1. The molecule has 2 rings (SSSR count). The van der Waals surface area contributed by atoms with Crippen LogP contribution in [0.25, 0.3) is 0 Å². The zero-order valence-electron chi connectivity index (χ0n) is 10.2. The maximum Gasteiger partial charge on any atom is 0.323 e. The van der Waals surface area contributed by atoms with Gasteiger partial charge >= 0.3 is 6.03 Å². The summed E-state index contributed by atoms with van der Waals surface area (Å²) in [5, 5.41) is 5.25. The summed E-state index contributed by atoms with van der Waals surface area (Å²) in [6.45, 7) is 1.94. The second-order valence-electron chi connectivity index (χ2n) is 4.08. The molecule has 2 amide bonds. The van der Waals surface area contributed by atoms with E-state index in [2.05, 4.69) is 26.6 Å². The Morgan fingerprint density at radius 2 is 1.79 bits per heavy atom. The van der Waals surface area contributed by atoms with E-state index in [1.807, 2.05) is 25.1 Å². The molecule has 0 heterocycles. The number of anilines is 2. The molecule has 0 radical (unpaired) electrons. The summed E-state index contributed by atoms with van der Waals surface area (Å²) in [6, 6.07) is 11.4. The number of hydrogen-bond acceptors (Lipinski definition) is 1. The van der Waals surface area contributed by atoms with Gasteiger partial charge in [0.15, 0.2) is 0 Å². The normalized spacial score (nSPS) is 10.1. The Hall–Kier alpha value is -1.88. The topological polar surface area (TPSA) is 41.1 Å². The highest BCUT2D eigenvalue weighted by molar-refractivity contribution is 9.10. The predicted octanol–water partition coefficient (Wildman–Crippen LogP) is 4.54. The number of amides is 2. The third-order valence-electron chi connectivity index (χ3n) is 2.45. The molecule has 2 aromatic rings. The molecule has 0 aromatic heterocycles. The third-order valence-corrected chi connectivity index (χ3v) is 3.10. The fourth-order valence-electron chi connectivity index (χ4n) is 1.59. The second-order valence-corrected chi connectivity index (χ2v) is 4.93. The van der Waals surface area contributed by atoms with Crippen LogP contribution in [-0.2, 0) is 0 Å². The Balaban J connectivity index is 2.03. The molecular formula is C14H12BrFN2O. The first-order valence-electron chi connectivity index (χ1n) is 5.64. The van der Waals surface area contributed by atoms with E-state index >= 15 is 0 Å². The first-order valence-corrected chi connectivity index (χ1v) is 6.43. The lowest BCUT2D eigenvalue weighted by Crippen LogP contribution is -2.19. The van der Waals surface area contributed by atoms with Gasteiger partial charge in [0.2, 0.25) is 0 Å². The quantitative estimate of drug-likeness (QED) is 0.837. The van der Waals surface area contributed by atoms with E-state index in [9.17, 15) is 9.18 Å². The number of urea groups is 1. The fraction of sp³-hybridized carbons (Fsp3) is 0.0714. The molecule has 3 nitrogen and oxygen atoms in total. The number of nitrogens with one attached hydrogen (secondary N) is 2. The van der Waals surface area contributed by atoms with Crippen molar-refractivity contribution in [1.29, 1.82) is 0 Å². The minimum absolute atomic E-state index is 0.358. The molecule has 0 saturated carbocycles. The number of aryl methyl sites for hydroxylation is 1. The van der Waals surface area contributed by atoms with Crippen LogP contribution in [0.3, 0.4) is 0 Å². The third kappa shape index (κ3) is 3.79. The van der Waals surface area contributed by atoms with Gasteiger partial charge in [0.05, 0.1) is 4.47 Å². The van der Waals surface area contributed by atoms with Gasteiger partial charge in [-0.1, -0.05) is 12.1 Å². The summed E-state index contributed by atoms with van der Waals surface area (Å²) in [6.07, 6.45) is 0. The minimum Gasteiger partial charge on any atom is -0.308 e. The van der Waals surface area contributed by atoms with Crippen LogP contribution in [0.2, 0.25) is 0 Å². The standard InChI is InChI=1S/C14H12BrFN2O/c1-9-3-2-4-10(7-9)17-14(19)18-11-5-6-12(15)13(16)8-11/h2-8H,1H3,(H2,17,18,19). The Morgan fingerprint density at radius 1 is 1.11 bits per heavy atom. The first kappa shape index (κ1) is 13.5. The molecular weight excluding hydrogens is 311 g/mol. The smallest absolute Gasteiger partial charge is 0.308 e. The van der Waals surface area contributed by atoms with Gasteiger partial charge in [-0.05, 0) is 58.7 Å². The largest absolute Gasteiger partial charge is 0.323 e. The summed E-state index contributed by atoms with van der Waals surface area (Å²) >= 11 is 3.05. The zero-order chi connectivity index (χ0) is 13.8. The summed E-state index contributed by atoms with van der Waals surface area (Å²) in [7, 11) is 0. The Morgan fingerprint density at radius 3 is 2.42 bits per heavy atom. The van der Waals surface area contributed by atoms with Crippen molar-refractivity contribution in [3.05, 3.63) is 58.3 Å².